The number of unbranched alkanes of at least 4 members (excludes halogenated alkanes) is 2. The lowest BCUT2D eigenvalue weighted by Gasteiger charge is -2.28. The Morgan fingerprint density at radius 2 is 1.03 bits per heavy atom. The number of hydrogen-bond donors (Lipinski definition) is 10. The van der Waals surface area contributed by atoms with Crippen LogP contribution in [-0.4, -0.2) is 171 Å². The number of nitrogens with zero attached hydrogens (tertiary/aromatic N) is 3. The van der Waals surface area contributed by atoms with Crippen LogP contribution in [0.15, 0.2) is 54.6 Å². The van der Waals surface area contributed by atoms with Crippen LogP contribution < -0.4 is 27.2 Å². The van der Waals surface area contributed by atoms with Crippen LogP contribution in [0.5, 0.6) is 0 Å². The van der Waals surface area contributed by atoms with Crippen molar-refractivity contribution in [3.05, 3.63) is 71.3 Å². The summed E-state index contributed by atoms with van der Waals surface area (Å²) in [5, 5.41) is 49.3. The Balaban J connectivity index is 0.00000286. The van der Waals surface area contributed by atoms with E-state index in [1.165, 1.54) is 0 Å². The molecular weight excluding hydrogens is 885 g/mol. The summed E-state index contributed by atoms with van der Waals surface area (Å²) >= 11 is 0. The number of aryl methyl sites for hydroxylation is 1. The first-order valence-corrected chi connectivity index (χ1v) is 20.4. The lowest BCUT2D eigenvalue weighted by atomic mass is 10.1. The van der Waals surface area contributed by atoms with Crippen molar-refractivity contribution in [2.45, 2.75) is 63.7 Å². The molecule has 0 aromatic heterocycles. The predicted molar refractivity (Wildman–Crippen MR) is 226 cm³/mol. The van der Waals surface area contributed by atoms with E-state index >= 15 is 0 Å². The van der Waals surface area contributed by atoms with Crippen molar-refractivity contribution in [2.75, 3.05) is 65.4 Å². The minimum absolute atomic E-state index is 0.0343. The number of rotatable bonds is 30. The minimum Gasteiger partial charge on any atom is -0.480 e. The fourth-order valence-electron chi connectivity index (χ4n) is 5.72. The summed E-state index contributed by atoms with van der Waals surface area (Å²) in [5.41, 5.74) is 13.4. The van der Waals surface area contributed by atoms with Crippen LogP contribution >= 0.6 is 0 Å². The summed E-state index contributed by atoms with van der Waals surface area (Å²) in [6.45, 7) is -1.75. The third-order valence-corrected chi connectivity index (χ3v) is 9.03. The summed E-state index contributed by atoms with van der Waals surface area (Å²) < 4.78 is 31.7. The van der Waals surface area contributed by atoms with Gasteiger partial charge in [0.05, 0.1) is 38.8 Å². The second-order valence-corrected chi connectivity index (χ2v) is 14.7. The molecule has 22 nitrogen and oxygen atoms in total. The molecular formula is C41H57F3N8O14. The first kappa shape index (κ1) is 57.3. The summed E-state index contributed by atoms with van der Waals surface area (Å²) in [6.07, 6.45) is -2.11. The summed E-state index contributed by atoms with van der Waals surface area (Å²) in [6, 6.07) is 15.9. The molecule has 0 saturated heterocycles. The van der Waals surface area contributed by atoms with Gasteiger partial charge in [0, 0.05) is 52.1 Å². The van der Waals surface area contributed by atoms with E-state index in [1.54, 1.807) is 4.90 Å². The zero-order valence-electron chi connectivity index (χ0n) is 36.0. The van der Waals surface area contributed by atoms with Crippen LogP contribution in [0.3, 0.4) is 0 Å². The van der Waals surface area contributed by atoms with Crippen molar-refractivity contribution < 1.29 is 81.9 Å². The number of nitrogens with one attached hydrogen (secondary N) is 4. The molecule has 1 atom stereocenters. The van der Waals surface area contributed by atoms with Gasteiger partial charge in [0.15, 0.2) is 0 Å². The van der Waals surface area contributed by atoms with Crippen LogP contribution in [-0.2, 0) is 62.5 Å². The summed E-state index contributed by atoms with van der Waals surface area (Å²) in [7, 11) is 0. The fraction of sp³-hybridized carbons (Fsp3) is 0.488. The number of halogens is 3. The molecule has 0 aliphatic carbocycles. The number of carboxylic acid groups (broad SMARTS) is 5. The molecule has 0 saturated carbocycles. The van der Waals surface area contributed by atoms with E-state index in [-0.39, 0.29) is 57.4 Å². The van der Waals surface area contributed by atoms with Gasteiger partial charge < -0.3 is 41.9 Å². The number of nitrogens with two attached hydrogens (primary N) is 1. The van der Waals surface area contributed by atoms with Gasteiger partial charge in [-0.15, -0.1) is 0 Å². The zero-order valence-corrected chi connectivity index (χ0v) is 36.0. The fourth-order valence-corrected chi connectivity index (χ4v) is 5.72. The van der Waals surface area contributed by atoms with E-state index in [0.29, 0.717) is 45.2 Å². The van der Waals surface area contributed by atoms with Crippen LogP contribution in [0.1, 0.15) is 48.8 Å². The first-order chi connectivity index (χ1) is 31.0. The maximum atomic E-state index is 12.8. The van der Waals surface area contributed by atoms with E-state index in [2.05, 4.69) is 21.5 Å². The van der Waals surface area contributed by atoms with E-state index < -0.39 is 80.1 Å². The van der Waals surface area contributed by atoms with E-state index in [0.717, 1.165) is 26.5 Å². The summed E-state index contributed by atoms with van der Waals surface area (Å²) in [5.74, 6) is -9.10. The molecule has 4 amide bonds. The number of carbonyl (C=O) groups excluding carboxylic acids is 4. The molecule has 0 heterocycles. The second kappa shape index (κ2) is 31.2. The average Bonchev–Trinajstić information content (AvgIpc) is 3.23. The van der Waals surface area contributed by atoms with Gasteiger partial charge in [0.25, 0.3) is 5.91 Å². The molecule has 0 bridgehead atoms. The molecule has 0 aliphatic rings. The van der Waals surface area contributed by atoms with Crippen molar-refractivity contribution in [1.29, 1.82) is 0 Å². The van der Waals surface area contributed by atoms with Gasteiger partial charge in [-0.3, -0.25) is 63.9 Å². The van der Waals surface area contributed by atoms with Gasteiger partial charge in [-0.1, -0.05) is 61.0 Å². The van der Waals surface area contributed by atoms with Gasteiger partial charge in [-0.25, -0.2) is 4.79 Å². The third kappa shape index (κ3) is 28.9. The highest BCUT2D eigenvalue weighted by Crippen LogP contribution is 2.13. The second-order valence-electron chi connectivity index (χ2n) is 14.7. The number of carbonyl (C=O) groups is 9. The van der Waals surface area contributed by atoms with Crippen LogP contribution in [0.4, 0.5) is 13.2 Å². The third-order valence-electron chi connectivity index (χ3n) is 9.03. The molecule has 0 spiro atoms. The van der Waals surface area contributed by atoms with E-state index in [1.807, 2.05) is 54.6 Å². The van der Waals surface area contributed by atoms with Gasteiger partial charge >= 0.3 is 36.0 Å². The lowest BCUT2D eigenvalue weighted by molar-refractivity contribution is -0.192. The maximum absolute atomic E-state index is 12.8. The van der Waals surface area contributed by atoms with Gasteiger partial charge in [-0.2, -0.15) is 13.2 Å². The number of alkyl halides is 3. The number of aliphatic carboxylic acids is 5. The molecule has 2 aromatic rings. The Morgan fingerprint density at radius 3 is 1.52 bits per heavy atom. The molecule has 66 heavy (non-hydrogen) atoms. The minimum atomic E-state index is -5.08. The highest BCUT2D eigenvalue weighted by molar-refractivity contribution is 5.85. The van der Waals surface area contributed by atoms with Crippen molar-refractivity contribution >= 4 is 53.5 Å². The van der Waals surface area contributed by atoms with Crippen molar-refractivity contribution in [3.8, 4) is 0 Å². The lowest BCUT2D eigenvalue weighted by Crippen LogP contribution is -2.50. The van der Waals surface area contributed by atoms with Gasteiger partial charge in [-0.05, 0) is 42.4 Å². The Hall–Kier alpha value is -6.70. The highest BCUT2D eigenvalue weighted by atomic mass is 19.4. The monoisotopic (exact) mass is 942 g/mol. The molecule has 11 N–H and O–H groups in total. The Labute approximate surface area is 377 Å². The van der Waals surface area contributed by atoms with Crippen molar-refractivity contribution in [3.63, 3.8) is 0 Å². The Bertz CT molecular complexity index is 1820. The highest BCUT2D eigenvalue weighted by Gasteiger charge is 2.38. The van der Waals surface area contributed by atoms with E-state index in [4.69, 9.17) is 36.1 Å². The number of hydrogen-bond acceptors (Lipinski definition) is 13. The number of hydrazine groups is 1. The van der Waals surface area contributed by atoms with Gasteiger partial charge in [0.2, 0.25) is 17.7 Å². The number of benzene rings is 2. The molecule has 0 unspecified atom stereocenters. The zero-order chi connectivity index (χ0) is 49.7. The number of carboxylic acids is 5. The molecule has 366 valence electrons. The average molecular weight is 943 g/mol. The topological polar surface area (TPSA) is 339 Å². The summed E-state index contributed by atoms with van der Waals surface area (Å²) in [4.78, 5) is 107. The quantitative estimate of drug-likeness (QED) is 0.0349. The number of amides is 4. The predicted octanol–water partition coefficient (Wildman–Crippen LogP) is -0.493. The molecule has 2 rings (SSSR count). The van der Waals surface area contributed by atoms with E-state index in [9.17, 15) is 51.5 Å². The maximum Gasteiger partial charge on any atom is 0.490 e. The largest absolute Gasteiger partial charge is 0.490 e. The van der Waals surface area contributed by atoms with Gasteiger partial charge in [0.1, 0.15) is 0 Å². The Morgan fingerprint density at radius 1 is 0.545 bits per heavy atom. The first-order valence-electron chi connectivity index (χ1n) is 20.4. The molecule has 0 radical (unpaired) electrons. The molecule has 0 aliphatic heterocycles. The molecule has 0 fully saturated rings. The Kier molecular flexibility index (Phi) is 27.1. The standard InChI is InChI=1S/C39H56N8O12.C2HF3O2/c40-31(21-29-7-3-1-4-8-29)39(59)44-43-33(49)15-14-28-10-12-30(13-11-28)22-42-32(48)9-5-2-6-16-41-34(50)23-45(17-19-46(24-35(51)52)25-36(53)54)18-20-47(26-37(55)56)27-38(57)58;3-2(4,5)1(6)7/h1,3-4,7-8,10-13,31H,2,5-6,9,14-27,40H2,(H,41,50)(H,42,48)(H,43,49)(H,44,59)(H,51,52)(H,53,54)(H,55,56)(H,57,58);(H,6,7)/t31-;/m1./s1. The normalized spacial score (nSPS) is 11.5. The molecule has 2 aromatic carbocycles. The SMILES string of the molecule is N[C@H](Cc1ccccc1)C(=O)NNC(=O)CCc1ccc(CNC(=O)CCCCCNC(=O)CN(CCN(CC(=O)O)CC(=O)O)CCN(CC(=O)O)CC(=O)O)cc1.O=C(O)C(F)(F)F. The van der Waals surface area contributed by atoms with Crippen LogP contribution in [0.25, 0.3) is 0 Å². The smallest absolute Gasteiger partial charge is 0.480 e. The molecule has 25 heteroatoms. The van der Waals surface area contributed by atoms with Crippen molar-refractivity contribution in [1.82, 2.24) is 36.2 Å². The van der Waals surface area contributed by atoms with Crippen LogP contribution in [0, 0.1) is 0 Å². The van der Waals surface area contributed by atoms with Crippen LogP contribution in [0.2, 0.25) is 0 Å². The van der Waals surface area contributed by atoms with Crippen molar-refractivity contribution in [2.24, 2.45) is 5.73 Å².